The molecule has 36 heavy (non-hydrogen) atoms. The first-order chi connectivity index (χ1) is 16.9. The molecule has 2 aromatic carbocycles. The minimum absolute atomic E-state index is 0.116. The molecular formula is C27H35N3O5S. The molecule has 1 N–H and O–H groups in total. The Morgan fingerprint density at radius 1 is 1.00 bits per heavy atom. The van der Waals surface area contributed by atoms with Crippen LogP contribution in [0.5, 0.6) is 5.75 Å². The van der Waals surface area contributed by atoms with Crippen molar-refractivity contribution in [3.8, 4) is 5.75 Å². The number of ether oxygens (including phenoxy) is 1. The van der Waals surface area contributed by atoms with Gasteiger partial charge in [-0.25, -0.2) is 8.42 Å². The summed E-state index contributed by atoms with van der Waals surface area (Å²) in [5.74, 6) is -0.297. The van der Waals surface area contributed by atoms with Gasteiger partial charge in [-0.2, -0.15) is 0 Å². The Bertz CT molecular complexity index is 1240. The number of carbonyl (C=O) groups excluding carboxylic acids is 2. The molecule has 1 unspecified atom stereocenters. The molecule has 4 rings (SSSR count). The molecule has 2 heterocycles. The topological polar surface area (TPSA) is 96.0 Å². The van der Waals surface area contributed by atoms with E-state index in [-0.39, 0.29) is 17.9 Å². The van der Waals surface area contributed by atoms with Crippen LogP contribution >= 0.6 is 0 Å². The molecule has 2 aliphatic heterocycles. The first-order valence-corrected chi connectivity index (χ1v) is 14.3. The number of hydrogen-bond donors (Lipinski definition) is 1. The number of fused-ring (bicyclic) bond motifs is 1. The molecule has 0 spiro atoms. The minimum atomic E-state index is -3.67. The molecule has 9 heteroatoms. The van der Waals surface area contributed by atoms with Crippen LogP contribution in [0, 0.1) is 0 Å². The van der Waals surface area contributed by atoms with Crippen LogP contribution in [0.15, 0.2) is 42.5 Å². The molecule has 1 atom stereocenters. The van der Waals surface area contributed by atoms with Gasteiger partial charge in [0.15, 0.2) is 6.10 Å². The first kappa shape index (κ1) is 26.0. The first-order valence-electron chi connectivity index (χ1n) is 12.4. The van der Waals surface area contributed by atoms with E-state index >= 15 is 0 Å². The molecule has 2 aliphatic rings. The summed E-state index contributed by atoms with van der Waals surface area (Å²) in [5, 5.41) is 2.82. The molecular weight excluding hydrogens is 478 g/mol. The summed E-state index contributed by atoms with van der Waals surface area (Å²) in [6.07, 6.45) is 4.19. The summed E-state index contributed by atoms with van der Waals surface area (Å²) < 4.78 is 32.5. The van der Waals surface area contributed by atoms with E-state index in [1.54, 1.807) is 36.4 Å². The van der Waals surface area contributed by atoms with E-state index in [9.17, 15) is 18.0 Å². The lowest BCUT2D eigenvalue weighted by Crippen LogP contribution is -2.48. The maximum atomic E-state index is 13.3. The molecule has 8 nitrogen and oxygen atoms in total. The van der Waals surface area contributed by atoms with E-state index in [1.807, 2.05) is 31.7 Å². The van der Waals surface area contributed by atoms with Gasteiger partial charge in [0.05, 0.1) is 29.7 Å². The van der Waals surface area contributed by atoms with Crippen LogP contribution in [-0.2, 0) is 20.2 Å². The lowest BCUT2D eigenvalue weighted by Gasteiger charge is -2.35. The molecule has 1 fully saturated rings. The van der Waals surface area contributed by atoms with Crippen LogP contribution < -0.4 is 14.4 Å². The highest BCUT2D eigenvalue weighted by molar-refractivity contribution is 7.92. The third kappa shape index (κ3) is 5.67. The molecule has 2 amide bonds. The number of benzene rings is 2. The van der Waals surface area contributed by atoms with Crippen LogP contribution in [-0.4, -0.2) is 57.1 Å². The van der Waals surface area contributed by atoms with Crippen molar-refractivity contribution >= 4 is 33.2 Å². The third-order valence-electron chi connectivity index (χ3n) is 6.70. The van der Waals surface area contributed by atoms with Crippen molar-refractivity contribution in [2.75, 3.05) is 35.5 Å². The van der Waals surface area contributed by atoms with Gasteiger partial charge in [-0.1, -0.05) is 51.8 Å². The minimum Gasteiger partial charge on any atom is -0.476 e. The number of likely N-dealkylation sites (tertiary alicyclic amines) is 1. The summed E-state index contributed by atoms with van der Waals surface area (Å²) in [6, 6.07) is 12.3. The zero-order chi connectivity index (χ0) is 26.1. The van der Waals surface area contributed by atoms with E-state index < -0.39 is 22.0 Å². The van der Waals surface area contributed by atoms with Crippen molar-refractivity contribution in [3.05, 3.63) is 53.6 Å². The summed E-state index contributed by atoms with van der Waals surface area (Å²) >= 11 is 0. The SMILES string of the molecule is CC(C)(C)c1ccc2c(c1)N(S(C)(=O)=O)CC(C(=O)Nc1ccccc1C(=O)N1CCCCCC1)O2. The molecule has 0 bridgehead atoms. The Balaban J connectivity index is 1.59. The van der Waals surface area contributed by atoms with Gasteiger partial charge in [0.1, 0.15) is 5.75 Å². The second kappa shape index (κ2) is 10.1. The fraction of sp³-hybridized carbons (Fsp3) is 0.481. The van der Waals surface area contributed by atoms with E-state index in [0.717, 1.165) is 37.5 Å². The number of para-hydroxylation sites is 1. The fourth-order valence-corrected chi connectivity index (χ4v) is 5.51. The van der Waals surface area contributed by atoms with Crippen LogP contribution in [0.4, 0.5) is 11.4 Å². The third-order valence-corrected chi connectivity index (χ3v) is 7.84. The van der Waals surface area contributed by atoms with E-state index in [2.05, 4.69) is 5.32 Å². The number of hydrogen-bond acceptors (Lipinski definition) is 5. The summed E-state index contributed by atoms with van der Waals surface area (Å²) in [7, 11) is -3.67. The number of nitrogens with zero attached hydrogens (tertiary/aromatic N) is 2. The van der Waals surface area contributed by atoms with E-state index in [4.69, 9.17) is 4.74 Å². The Kier molecular flexibility index (Phi) is 7.31. The van der Waals surface area contributed by atoms with Crippen molar-refractivity contribution in [2.24, 2.45) is 0 Å². The van der Waals surface area contributed by atoms with Gasteiger partial charge < -0.3 is 15.0 Å². The predicted octanol–water partition coefficient (Wildman–Crippen LogP) is 4.17. The lowest BCUT2D eigenvalue weighted by atomic mass is 9.86. The Labute approximate surface area is 213 Å². The van der Waals surface area contributed by atoms with Crippen LogP contribution in [0.1, 0.15) is 62.4 Å². The molecule has 0 aliphatic carbocycles. The molecule has 194 valence electrons. The number of anilines is 2. The number of nitrogens with one attached hydrogen (secondary N) is 1. The number of rotatable bonds is 4. The summed E-state index contributed by atoms with van der Waals surface area (Å²) in [6.45, 7) is 7.37. The second-order valence-electron chi connectivity index (χ2n) is 10.6. The lowest BCUT2D eigenvalue weighted by molar-refractivity contribution is -0.122. The normalized spacial score (nSPS) is 18.6. The standard InChI is InChI=1S/C27H35N3O5S/c1-27(2,3)19-13-14-23-22(17-19)30(36(4,33)34)18-24(35-23)25(31)28-21-12-8-7-11-20(21)26(32)29-15-9-5-6-10-16-29/h7-8,11-14,17,24H,5-6,9-10,15-16,18H2,1-4H3,(H,28,31). The van der Waals surface area contributed by atoms with Crippen LogP contribution in [0.2, 0.25) is 0 Å². The van der Waals surface area contributed by atoms with Gasteiger partial charge in [0, 0.05) is 13.1 Å². The van der Waals surface area contributed by atoms with Crippen molar-refractivity contribution in [3.63, 3.8) is 0 Å². The monoisotopic (exact) mass is 513 g/mol. The number of amides is 2. The Morgan fingerprint density at radius 2 is 1.67 bits per heavy atom. The average Bonchev–Trinajstić information content (AvgIpc) is 3.11. The molecule has 0 aromatic heterocycles. The highest BCUT2D eigenvalue weighted by Gasteiger charge is 2.36. The largest absolute Gasteiger partial charge is 0.476 e. The van der Waals surface area contributed by atoms with Gasteiger partial charge >= 0.3 is 0 Å². The Morgan fingerprint density at radius 3 is 2.31 bits per heavy atom. The van der Waals surface area contributed by atoms with Crippen LogP contribution in [0.25, 0.3) is 0 Å². The number of carbonyl (C=O) groups is 2. The van der Waals surface area contributed by atoms with Gasteiger partial charge in [-0.05, 0) is 48.1 Å². The van der Waals surface area contributed by atoms with Gasteiger partial charge in [0.25, 0.3) is 11.8 Å². The van der Waals surface area contributed by atoms with Crippen molar-refractivity contribution < 1.29 is 22.7 Å². The number of sulfonamides is 1. The summed E-state index contributed by atoms with van der Waals surface area (Å²) in [5.41, 5.74) is 2.00. The highest BCUT2D eigenvalue weighted by atomic mass is 32.2. The fourth-order valence-electron chi connectivity index (χ4n) is 4.60. The van der Waals surface area contributed by atoms with Crippen molar-refractivity contribution in [2.45, 2.75) is 58.0 Å². The maximum absolute atomic E-state index is 13.3. The smallest absolute Gasteiger partial charge is 0.267 e. The second-order valence-corrected chi connectivity index (χ2v) is 12.5. The van der Waals surface area contributed by atoms with Gasteiger partial charge in [-0.3, -0.25) is 13.9 Å². The predicted molar refractivity (Wildman–Crippen MR) is 141 cm³/mol. The van der Waals surface area contributed by atoms with Crippen molar-refractivity contribution in [1.29, 1.82) is 0 Å². The van der Waals surface area contributed by atoms with Crippen molar-refractivity contribution in [1.82, 2.24) is 4.90 Å². The van der Waals surface area contributed by atoms with Crippen LogP contribution in [0.3, 0.4) is 0 Å². The molecule has 0 saturated carbocycles. The highest BCUT2D eigenvalue weighted by Crippen LogP contribution is 2.38. The molecule has 1 saturated heterocycles. The maximum Gasteiger partial charge on any atom is 0.267 e. The Hall–Kier alpha value is -3.07. The zero-order valence-electron chi connectivity index (χ0n) is 21.4. The summed E-state index contributed by atoms with van der Waals surface area (Å²) in [4.78, 5) is 28.4. The molecule has 2 aromatic rings. The quantitative estimate of drug-likeness (QED) is 0.662. The van der Waals surface area contributed by atoms with E-state index in [0.29, 0.717) is 35.8 Å². The van der Waals surface area contributed by atoms with E-state index in [1.165, 1.54) is 4.31 Å². The molecule has 0 radical (unpaired) electrons. The average molecular weight is 514 g/mol. The van der Waals surface area contributed by atoms with Gasteiger partial charge in [0.2, 0.25) is 10.0 Å². The van der Waals surface area contributed by atoms with Gasteiger partial charge in [-0.15, -0.1) is 0 Å². The zero-order valence-corrected chi connectivity index (χ0v) is 22.2.